The number of aryl methyl sites for hydroxylation is 1. The molecule has 0 saturated carbocycles. The van der Waals surface area contributed by atoms with Crippen molar-refractivity contribution in [1.29, 1.82) is 0 Å². The fourth-order valence-corrected chi connectivity index (χ4v) is 2.42. The Morgan fingerprint density at radius 1 is 1.50 bits per heavy atom. The van der Waals surface area contributed by atoms with Crippen molar-refractivity contribution in [1.82, 2.24) is 15.2 Å². The smallest absolute Gasteiger partial charge is 0.183 e. The molecule has 3 N–H and O–H groups in total. The summed E-state index contributed by atoms with van der Waals surface area (Å²) in [5, 5.41) is 7.37. The minimum atomic E-state index is -0.102. The summed E-state index contributed by atoms with van der Waals surface area (Å²) in [5.74, 6) is 1.54. The molecule has 0 aliphatic heterocycles. The molecule has 0 aliphatic rings. The summed E-state index contributed by atoms with van der Waals surface area (Å²) in [5.41, 5.74) is 8.38. The molecule has 1 aromatic heterocycles. The van der Waals surface area contributed by atoms with Gasteiger partial charge in [-0.25, -0.2) is 4.98 Å². The van der Waals surface area contributed by atoms with Crippen molar-refractivity contribution in [2.75, 3.05) is 12.9 Å². The third kappa shape index (κ3) is 3.02. The van der Waals surface area contributed by atoms with Gasteiger partial charge in [0.05, 0.1) is 7.11 Å². The number of aromatic amines is 1. The maximum absolute atomic E-state index is 6.19. The molecule has 2 aromatic rings. The second-order valence-corrected chi connectivity index (χ2v) is 4.96. The van der Waals surface area contributed by atoms with Crippen LogP contribution in [0.3, 0.4) is 0 Å². The lowest BCUT2D eigenvalue weighted by Gasteiger charge is -2.15. The molecule has 96 valence electrons. The van der Waals surface area contributed by atoms with Gasteiger partial charge in [-0.05, 0) is 13.0 Å². The highest BCUT2D eigenvalue weighted by Crippen LogP contribution is 2.28. The molecule has 0 radical (unpaired) electrons. The average Bonchev–Trinajstić information content (AvgIpc) is 2.89. The topological polar surface area (TPSA) is 76.8 Å². The minimum absolute atomic E-state index is 0.102. The molecule has 0 spiro atoms. The Labute approximate surface area is 110 Å². The zero-order chi connectivity index (χ0) is 13.0. The van der Waals surface area contributed by atoms with Crippen LogP contribution in [0.15, 0.2) is 29.7 Å². The van der Waals surface area contributed by atoms with Crippen LogP contribution in [0, 0.1) is 6.92 Å². The number of methoxy groups -OCH3 is 1. The summed E-state index contributed by atoms with van der Waals surface area (Å²) >= 11 is 1.55. The summed E-state index contributed by atoms with van der Waals surface area (Å²) in [6, 6.07) is 5.92. The van der Waals surface area contributed by atoms with Crippen molar-refractivity contribution < 1.29 is 4.74 Å². The third-order valence-electron chi connectivity index (χ3n) is 2.58. The quantitative estimate of drug-likeness (QED) is 0.807. The fourth-order valence-electron chi connectivity index (χ4n) is 1.67. The van der Waals surface area contributed by atoms with Gasteiger partial charge < -0.3 is 10.5 Å². The summed E-state index contributed by atoms with van der Waals surface area (Å²) in [6.45, 7) is 2.04. The van der Waals surface area contributed by atoms with Crippen molar-refractivity contribution in [3.63, 3.8) is 0 Å². The number of nitrogens with one attached hydrogen (secondary N) is 1. The zero-order valence-electron chi connectivity index (χ0n) is 10.4. The van der Waals surface area contributed by atoms with Crippen LogP contribution in [-0.2, 0) is 0 Å². The van der Waals surface area contributed by atoms with Gasteiger partial charge in [0, 0.05) is 17.4 Å². The molecule has 1 unspecified atom stereocenters. The van der Waals surface area contributed by atoms with Crippen LogP contribution in [-0.4, -0.2) is 28.0 Å². The first kappa shape index (κ1) is 12.9. The minimum Gasteiger partial charge on any atom is -0.496 e. The van der Waals surface area contributed by atoms with E-state index in [9.17, 15) is 0 Å². The summed E-state index contributed by atoms with van der Waals surface area (Å²) in [7, 11) is 1.66. The zero-order valence-corrected chi connectivity index (χ0v) is 11.2. The lowest BCUT2D eigenvalue weighted by molar-refractivity contribution is 0.407. The van der Waals surface area contributed by atoms with E-state index in [0.29, 0.717) is 0 Å². The Hall–Kier alpha value is -1.53. The van der Waals surface area contributed by atoms with Crippen molar-refractivity contribution in [2.45, 2.75) is 18.1 Å². The molecule has 1 atom stereocenters. The van der Waals surface area contributed by atoms with Gasteiger partial charge in [0.25, 0.3) is 0 Å². The van der Waals surface area contributed by atoms with E-state index in [1.807, 2.05) is 19.1 Å². The largest absolute Gasteiger partial charge is 0.496 e. The lowest BCUT2D eigenvalue weighted by Crippen LogP contribution is -2.14. The molecule has 0 bridgehead atoms. The van der Waals surface area contributed by atoms with Crippen LogP contribution in [0.1, 0.15) is 17.2 Å². The molecule has 5 nitrogen and oxygen atoms in total. The van der Waals surface area contributed by atoms with E-state index in [1.54, 1.807) is 18.9 Å². The van der Waals surface area contributed by atoms with E-state index < -0.39 is 0 Å². The second kappa shape index (κ2) is 5.88. The van der Waals surface area contributed by atoms with E-state index in [0.717, 1.165) is 22.2 Å². The third-order valence-corrected chi connectivity index (χ3v) is 3.57. The predicted molar refractivity (Wildman–Crippen MR) is 71.8 cm³/mol. The number of H-pyrrole nitrogens is 1. The van der Waals surface area contributed by atoms with Gasteiger partial charge in [-0.2, -0.15) is 5.10 Å². The van der Waals surface area contributed by atoms with Crippen molar-refractivity contribution in [3.8, 4) is 5.75 Å². The molecule has 1 aromatic carbocycles. The molecular weight excluding hydrogens is 248 g/mol. The number of benzene rings is 1. The highest BCUT2D eigenvalue weighted by atomic mass is 32.2. The van der Waals surface area contributed by atoms with E-state index in [1.165, 1.54) is 11.9 Å². The molecular formula is C12H16N4OS. The number of ether oxygens (including phenoxy) is 1. The maximum Gasteiger partial charge on any atom is 0.183 e. The first-order valence-electron chi connectivity index (χ1n) is 5.59. The number of nitrogens with zero attached hydrogens (tertiary/aromatic N) is 2. The predicted octanol–water partition coefficient (Wildman–Crippen LogP) is 1.91. The van der Waals surface area contributed by atoms with Crippen molar-refractivity contribution >= 4 is 11.8 Å². The van der Waals surface area contributed by atoms with E-state index in [2.05, 4.69) is 21.2 Å². The van der Waals surface area contributed by atoms with Gasteiger partial charge in [-0.3, -0.25) is 5.10 Å². The molecule has 2 rings (SSSR count). The maximum atomic E-state index is 6.19. The molecule has 0 fully saturated rings. The monoisotopic (exact) mass is 264 g/mol. The van der Waals surface area contributed by atoms with Crippen LogP contribution in [0.4, 0.5) is 0 Å². The second-order valence-electron chi connectivity index (χ2n) is 3.95. The first-order valence-corrected chi connectivity index (χ1v) is 6.57. The lowest BCUT2D eigenvalue weighted by atomic mass is 10.1. The number of hydrogen-bond acceptors (Lipinski definition) is 5. The number of nitrogens with two attached hydrogens (primary N) is 1. The number of rotatable bonds is 5. The highest BCUT2D eigenvalue weighted by Gasteiger charge is 2.13. The number of aromatic nitrogens is 3. The van der Waals surface area contributed by atoms with Gasteiger partial charge in [-0.1, -0.05) is 29.5 Å². The van der Waals surface area contributed by atoms with E-state index >= 15 is 0 Å². The summed E-state index contributed by atoms with van der Waals surface area (Å²) < 4.78 is 5.33. The summed E-state index contributed by atoms with van der Waals surface area (Å²) in [4.78, 5) is 4.05. The Bertz CT molecular complexity index is 501. The van der Waals surface area contributed by atoms with Crippen LogP contribution in [0.2, 0.25) is 0 Å². The average molecular weight is 264 g/mol. The highest BCUT2D eigenvalue weighted by molar-refractivity contribution is 7.99. The Kier molecular flexibility index (Phi) is 4.22. The molecule has 0 amide bonds. The SMILES string of the molecule is COc1ccc(C)cc1C(N)CSc1ncn[nH]1. The van der Waals surface area contributed by atoms with Gasteiger partial charge in [0.2, 0.25) is 0 Å². The van der Waals surface area contributed by atoms with Gasteiger partial charge in [0.15, 0.2) is 5.16 Å². The van der Waals surface area contributed by atoms with Gasteiger partial charge >= 0.3 is 0 Å². The molecule has 6 heteroatoms. The van der Waals surface area contributed by atoms with Gasteiger partial charge in [-0.15, -0.1) is 0 Å². The number of hydrogen-bond donors (Lipinski definition) is 2. The molecule has 0 saturated heterocycles. The van der Waals surface area contributed by atoms with Crippen LogP contribution in [0.5, 0.6) is 5.75 Å². The molecule has 0 aliphatic carbocycles. The normalized spacial score (nSPS) is 12.4. The van der Waals surface area contributed by atoms with E-state index in [-0.39, 0.29) is 6.04 Å². The Morgan fingerprint density at radius 2 is 2.33 bits per heavy atom. The Morgan fingerprint density at radius 3 is 3.00 bits per heavy atom. The van der Waals surface area contributed by atoms with Crippen LogP contribution < -0.4 is 10.5 Å². The number of thioether (sulfide) groups is 1. The Balaban J connectivity index is 2.08. The van der Waals surface area contributed by atoms with Crippen molar-refractivity contribution in [3.05, 3.63) is 35.7 Å². The van der Waals surface area contributed by atoms with Gasteiger partial charge in [0.1, 0.15) is 12.1 Å². The van der Waals surface area contributed by atoms with Crippen molar-refractivity contribution in [2.24, 2.45) is 5.73 Å². The first-order chi connectivity index (χ1) is 8.70. The summed E-state index contributed by atoms with van der Waals surface area (Å²) in [6.07, 6.45) is 1.49. The fraction of sp³-hybridized carbons (Fsp3) is 0.333. The standard InChI is InChI=1S/C12H16N4OS/c1-8-3-4-11(17-2)9(5-8)10(13)6-18-12-14-7-15-16-12/h3-5,7,10H,6,13H2,1-2H3,(H,14,15,16). The molecule has 18 heavy (non-hydrogen) atoms. The van der Waals surface area contributed by atoms with Crippen LogP contribution in [0.25, 0.3) is 0 Å². The van der Waals surface area contributed by atoms with Crippen LogP contribution >= 0.6 is 11.8 Å². The molecule has 1 heterocycles. The van der Waals surface area contributed by atoms with E-state index in [4.69, 9.17) is 10.5 Å².